The largest absolute Gasteiger partial charge is 0.298 e. The Morgan fingerprint density at radius 3 is 2.62 bits per heavy atom. The quantitative estimate of drug-likeness (QED) is 0.341. The van der Waals surface area contributed by atoms with Crippen molar-refractivity contribution < 1.29 is 9.72 Å². The van der Waals surface area contributed by atoms with Gasteiger partial charge in [-0.15, -0.1) is 12.6 Å². The fraction of sp³-hybridized carbons (Fsp3) is 0.125. The molecule has 0 spiro atoms. The number of carbonyl (C=O) groups is 1. The first-order chi connectivity index (χ1) is 6.07. The minimum absolute atomic E-state index is 0.125. The normalized spacial score (nSPS) is 9.69. The van der Waals surface area contributed by atoms with Gasteiger partial charge in [0.15, 0.2) is 6.29 Å². The zero-order valence-corrected chi connectivity index (χ0v) is 7.75. The van der Waals surface area contributed by atoms with E-state index >= 15 is 0 Å². The molecule has 13 heavy (non-hydrogen) atoms. The average molecular weight is 197 g/mol. The minimum Gasteiger partial charge on any atom is -0.298 e. The second-order valence-corrected chi connectivity index (χ2v) is 2.99. The number of aldehydes is 1. The summed E-state index contributed by atoms with van der Waals surface area (Å²) in [6.45, 7) is 1.70. The van der Waals surface area contributed by atoms with Crippen molar-refractivity contribution in [3.05, 3.63) is 33.4 Å². The Morgan fingerprint density at radius 1 is 1.54 bits per heavy atom. The number of rotatable bonds is 2. The molecule has 5 heteroatoms. The van der Waals surface area contributed by atoms with Crippen LogP contribution < -0.4 is 0 Å². The van der Waals surface area contributed by atoms with Gasteiger partial charge >= 0.3 is 0 Å². The second kappa shape index (κ2) is 3.57. The number of hydrogen-bond acceptors (Lipinski definition) is 4. The molecule has 1 aromatic rings. The zero-order chi connectivity index (χ0) is 10.0. The van der Waals surface area contributed by atoms with Gasteiger partial charge < -0.3 is 0 Å². The molecule has 0 aliphatic carbocycles. The average Bonchev–Trinajstić information content (AvgIpc) is 2.04. The predicted molar refractivity (Wildman–Crippen MR) is 50.5 cm³/mol. The molecule has 0 unspecified atom stereocenters. The van der Waals surface area contributed by atoms with E-state index in [1.807, 2.05) is 0 Å². The highest BCUT2D eigenvalue weighted by Crippen LogP contribution is 2.27. The molecule has 68 valence electrons. The highest BCUT2D eigenvalue weighted by atomic mass is 32.1. The van der Waals surface area contributed by atoms with E-state index in [1.54, 1.807) is 6.92 Å². The maximum absolute atomic E-state index is 10.6. The van der Waals surface area contributed by atoms with Gasteiger partial charge in [0.1, 0.15) is 0 Å². The lowest BCUT2D eigenvalue weighted by molar-refractivity contribution is -0.387. The van der Waals surface area contributed by atoms with E-state index in [4.69, 9.17) is 0 Å². The molecule has 0 aliphatic rings. The van der Waals surface area contributed by atoms with Crippen LogP contribution >= 0.6 is 12.6 Å². The molecule has 0 heterocycles. The molecule has 0 saturated carbocycles. The third-order valence-corrected chi connectivity index (χ3v) is 2.20. The van der Waals surface area contributed by atoms with E-state index in [9.17, 15) is 14.9 Å². The van der Waals surface area contributed by atoms with Gasteiger partial charge in [0, 0.05) is 11.6 Å². The van der Waals surface area contributed by atoms with E-state index in [-0.39, 0.29) is 16.1 Å². The van der Waals surface area contributed by atoms with Gasteiger partial charge in [-0.05, 0) is 12.5 Å². The molecule has 0 fully saturated rings. The highest BCUT2D eigenvalue weighted by Gasteiger charge is 2.15. The number of nitro benzene ring substituents is 1. The minimum atomic E-state index is -0.561. The van der Waals surface area contributed by atoms with Crippen molar-refractivity contribution in [1.82, 2.24) is 0 Å². The fourth-order valence-electron chi connectivity index (χ4n) is 0.993. The molecule has 1 rings (SSSR count). The summed E-state index contributed by atoms with van der Waals surface area (Å²) >= 11 is 3.93. The molecule has 0 radical (unpaired) electrons. The Hall–Kier alpha value is -1.36. The Labute approximate surface area is 80.1 Å². The van der Waals surface area contributed by atoms with Crippen LogP contribution in [0.2, 0.25) is 0 Å². The number of hydrogen-bond donors (Lipinski definition) is 1. The van der Waals surface area contributed by atoms with Gasteiger partial charge in [-0.25, -0.2) is 0 Å². The van der Waals surface area contributed by atoms with Crippen molar-refractivity contribution >= 4 is 24.6 Å². The Morgan fingerprint density at radius 2 is 2.15 bits per heavy atom. The number of thiol groups is 1. The lowest BCUT2D eigenvalue weighted by Crippen LogP contribution is -1.95. The van der Waals surface area contributed by atoms with Gasteiger partial charge in [-0.3, -0.25) is 14.9 Å². The summed E-state index contributed by atoms with van der Waals surface area (Å²) in [5, 5.41) is 10.4. The standard InChI is InChI=1S/C8H7NO3S/c1-5-2-3-7(9(11)12)8(13)6(5)4-10/h2-4,13H,1H3. The van der Waals surface area contributed by atoms with Gasteiger partial charge in [0.05, 0.1) is 9.82 Å². The van der Waals surface area contributed by atoms with Crippen molar-refractivity contribution in [3.63, 3.8) is 0 Å². The number of benzene rings is 1. The summed E-state index contributed by atoms with van der Waals surface area (Å²) in [6, 6.07) is 2.87. The third-order valence-electron chi connectivity index (χ3n) is 1.73. The SMILES string of the molecule is Cc1ccc([N+](=O)[O-])c(S)c1C=O. The fourth-order valence-corrected chi connectivity index (χ4v) is 1.38. The van der Waals surface area contributed by atoms with Crippen LogP contribution in [0.3, 0.4) is 0 Å². The molecule has 0 atom stereocenters. The molecule has 0 N–H and O–H groups in total. The molecule has 4 nitrogen and oxygen atoms in total. The van der Waals surface area contributed by atoms with Crippen molar-refractivity contribution in [3.8, 4) is 0 Å². The monoisotopic (exact) mass is 197 g/mol. The van der Waals surface area contributed by atoms with E-state index in [0.717, 1.165) is 0 Å². The van der Waals surface area contributed by atoms with Crippen molar-refractivity contribution in [2.45, 2.75) is 11.8 Å². The Kier molecular flexibility index (Phi) is 2.67. The summed E-state index contributed by atoms with van der Waals surface area (Å²) in [6.07, 6.45) is 0.574. The molecular weight excluding hydrogens is 190 g/mol. The van der Waals surface area contributed by atoms with Gasteiger partial charge in [0.2, 0.25) is 0 Å². The lowest BCUT2D eigenvalue weighted by Gasteiger charge is -2.01. The summed E-state index contributed by atoms with van der Waals surface area (Å²) in [5.41, 5.74) is 0.819. The Bertz CT molecular complexity index is 376. The number of nitro groups is 1. The summed E-state index contributed by atoms with van der Waals surface area (Å²) in [7, 11) is 0. The number of aryl methyl sites for hydroxylation is 1. The van der Waals surface area contributed by atoms with E-state index in [2.05, 4.69) is 12.6 Å². The van der Waals surface area contributed by atoms with Crippen LogP contribution in [0.5, 0.6) is 0 Å². The molecule has 0 aliphatic heterocycles. The zero-order valence-electron chi connectivity index (χ0n) is 6.85. The van der Waals surface area contributed by atoms with Crippen molar-refractivity contribution in [2.24, 2.45) is 0 Å². The molecule has 1 aromatic carbocycles. The smallest absolute Gasteiger partial charge is 0.283 e. The molecule has 0 bridgehead atoms. The first-order valence-corrected chi connectivity index (χ1v) is 3.94. The third kappa shape index (κ3) is 1.70. The number of carbonyl (C=O) groups excluding carboxylic acids is 1. The first kappa shape index (κ1) is 9.73. The second-order valence-electron chi connectivity index (χ2n) is 2.54. The van der Waals surface area contributed by atoms with E-state index < -0.39 is 4.92 Å². The first-order valence-electron chi connectivity index (χ1n) is 3.50. The Balaban J connectivity index is 3.44. The van der Waals surface area contributed by atoms with Crippen LogP contribution in [0.1, 0.15) is 15.9 Å². The lowest BCUT2D eigenvalue weighted by atomic mass is 10.1. The van der Waals surface area contributed by atoms with Crippen LogP contribution in [-0.2, 0) is 0 Å². The summed E-state index contributed by atoms with van der Waals surface area (Å²) < 4.78 is 0. The maximum atomic E-state index is 10.6. The van der Waals surface area contributed by atoms with Crippen LogP contribution in [0.25, 0.3) is 0 Å². The van der Waals surface area contributed by atoms with Crippen molar-refractivity contribution in [1.29, 1.82) is 0 Å². The molecule has 0 aromatic heterocycles. The van der Waals surface area contributed by atoms with Gasteiger partial charge in [-0.2, -0.15) is 0 Å². The van der Waals surface area contributed by atoms with Crippen LogP contribution in [0.15, 0.2) is 17.0 Å². The molecule has 0 amide bonds. The van der Waals surface area contributed by atoms with Gasteiger partial charge in [-0.1, -0.05) is 6.07 Å². The van der Waals surface area contributed by atoms with Crippen molar-refractivity contribution in [2.75, 3.05) is 0 Å². The van der Waals surface area contributed by atoms with Gasteiger partial charge in [0.25, 0.3) is 5.69 Å². The van der Waals surface area contributed by atoms with Crippen LogP contribution in [0.4, 0.5) is 5.69 Å². The predicted octanol–water partition coefficient (Wildman–Crippen LogP) is 2.00. The highest BCUT2D eigenvalue weighted by molar-refractivity contribution is 7.80. The van der Waals surface area contributed by atoms with E-state index in [0.29, 0.717) is 11.8 Å². The van der Waals surface area contributed by atoms with E-state index in [1.165, 1.54) is 12.1 Å². The van der Waals surface area contributed by atoms with Crippen LogP contribution in [0, 0.1) is 17.0 Å². The topological polar surface area (TPSA) is 60.2 Å². The summed E-state index contributed by atoms with van der Waals surface area (Å²) in [5.74, 6) is 0. The molecular formula is C8H7NO3S. The summed E-state index contributed by atoms with van der Waals surface area (Å²) in [4.78, 5) is 20.6. The molecule has 0 saturated heterocycles. The number of nitrogens with zero attached hydrogens (tertiary/aromatic N) is 1. The maximum Gasteiger partial charge on any atom is 0.283 e. The van der Waals surface area contributed by atoms with Crippen LogP contribution in [-0.4, -0.2) is 11.2 Å².